The van der Waals surface area contributed by atoms with Crippen molar-refractivity contribution in [1.82, 2.24) is 4.90 Å². The first kappa shape index (κ1) is 19.8. The van der Waals surface area contributed by atoms with Crippen molar-refractivity contribution >= 4 is 5.91 Å². The van der Waals surface area contributed by atoms with E-state index in [2.05, 4.69) is 0 Å². The van der Waals surface area contributed by atoms with E-state index in [1.165, 1.54) is 14.2 Å². The van der Waals surface area contributed by atoms with Gasteiger partial charge in [0.05, 0.1) is 32.9 Å². The molecule has 164 valence electrons. The number of carbonyl (C=O) groups excluding carboxylic acids is 1. The van der Waals surface area contributed by atoms with Crippen molar-refractivity contribution in [3.63, 3.8) is 0 Å². The van der Waals surface area contributed by atoms with Crippen molar-refractivity contribution in [3.05, 3.63) is 34.9 Å². The third-order valence-corrected chi connectivity index (χ3v) is 5.96. The summed E-state index contributed by atoms with van der Waals surface area (Å²) in [6, 6.07) is 4.07. The van der Waals surface area contributed by atoms with E-state index in [1.807, 2.05) is 0 Å². The van der Waals surface area contributed by atoms with E-state index in [1.54, 1.807) is 18.2 Å². The Morgan fingerprint density at radius 2 is 1.87 bits per heavy atom. The molecule has 2 heterocycles. The van der Waals surface area contributed by atoms with Crippen molar-refractivity contribution < 1.29 is 42.0 Å². The molecule has 2 aromatic rings. The molecule has 0 spiro atoms. The summed E-state index contributed by atoms with van der Waals surface area (Å²) in [6.07, 6.45) is -6.26. The van der Waals surface area contributed by atoms with Crippen molar-refractivity contribution in [3.8, 4) is 34.1 Å². The third-order valence-electron chi connectivity index (χ3n) is 5.96. The number of alkyl halides is 3. The summed E-state index contributed by atoms with van der Waals surface area (Å²) in [6.45, 7) is -0.447. The molecule has 7 nitrogen and oxygen atoms in total. The highest BCUT2D eigenvalue weighted by Gasteiger charge is 2.50. The summed E-state index contributed by atoms with van der Waals surface area (Å²) in [5, 5.41) is 10.7. The van der Waals surface area contributed by atoms with E-state index in [0.717, 1.165) is 0 Å². The molecule has 31 heavy (non-hydrogen) atoms. The molecule has 2 atom stereocenters. The van der Waals surface area contributed by atoms with Gasteiger partial charge in [-0.2, -0.15) is 13.2 Å². The average Bonchev–Trinajstić information content (AvgIpc) is 3.19. The number of benzene rings is 2. The first-order valence-corrected chi connectivity index (χ1v) is 9.52. The number of nitrogens with zero attached hydrogens (tertiary/aromatic N) is 1. The molecular formula is C21H18F3NO6. The first-order valence-electron chi connectivity index (χ1n) is 9.52. The fourth-order valence-electron chi connectivity index (χ4n) is 4.69. The Labute approximate surface area is 174 Å². The highest BCUT2D eigenvalue weighted by atomic mass is 19.4. The van der Waals surface area contributed by atoms with Gasteiger partial charge in [0.15, 0.2) is 23.0 Å². The van der Waals surface area contributed by atoms with Crippen molar-refractivity contribution in [2.24, 2.45) is 0 Å². The maximum atomic E-state index is 13.4. The fraction of sp³-hybridized carbons (Fsp3) is 0.381. The number of halogens is 3. The van der Waals surface area contributed by atoms with E-state index in [0.29, 0.717) is 55.7 Å². The molecule has 5 rings (SSSR count). The maximum absolute atomic E-state index is 13.4. The number of β-amino-alcohol motifs (C(OH)–C–C–N with tert-alkyl or cyclic N) is 1. The van der Waals surface area contributed by atoms with E-state index in [4.69, 9.17) is 18.9 Å². The van der Waals surface area contributed by atoms with Gasteiger partial charge in [0.1, 0.15) is 0 Å². The molecule has 0 saturated carbocycles. The Kier molecular flexibility index (Phi) is 4.27. The standard InChI is InChI=1S/C21H18F3NO6/c1-28-16-6-11-13(26)7-25(20(27)21(22,23)24)12-3-9-4-14-15(31-8-30-14)5-10(9)18(17(11)12)19(16)29-2/h4-6,12-13,26H,3,7-8H2,1-2H3/t12?,13-/m1/s1. The van der Waals surface area contributed by atoms with Crippen LogP contribution in [0.5, 0.6) is 23.0 Å². The lowest BCUT2D eigenvalue weighted by molar-refractivity contribution is -0.190. The molecule has 3 aliphatic rings. The predicted molar refractivity (Wildman–Crippen MR) is 100 cm³/mol. The normalized spacial score (nSPS) is 20.8. The monoisotopic (exact) mass is 437 g/mol. The number of aliphatic hydroxyl groups is 1. The van der Waals surface area contributed by atoms with Gasteiger partial charge >= 0.3 is 12.1 Å². The number of carbonyl (C=O) groups is 1. The number of hydrogen-bond acceptors (Lipinski definition) is 6. The van der Waals surface area contributed by atoms with Crippen molar-refractivity contribution in [1.29, 1.82) is 0 Å². The van der Waals surface area contributed by atoms with Gasteiger partial charge in [0, 0.05) is 5.56 Å². The topological polar surface area (TPSA) is 77.5 Å². The summed E-state index contributed by atoms with van der Waals surface area (Å²) in [7, 11) is 2.86. The Bertz CT molecular complexity index is 1100. The lowest BCUT2D eigenvalue weighted by Crippen LogP contribution is -2.49. The van der Waals surface area contributed by atoms with Crippen LogP contribution in [-0.2, 0) is 11.2 Å². The Hall–Kier alpha value is -3.14. The van der Waals surface area contributed by atoms with Gasteiger partial charge in [-0.25, -0.2) is 0 Å². The second-order valence-electron chi connectivity index (χ2n) is 7.54. The van der Waals surface area contributed by atoms with Gasteiger partial charge in [-0.1, -0.05) is 0 Å². The van der Waals surface area contributed by atoms with Crippen molar-refractivity contribution in [2.45, 2.75) is 24.7 Å². The van der Waals surface area contributed by atoms with E-state index >= 15 is 0 Å². The van der Waals surface area contributed by atoms with Crippen LogP contribution in [0.3, 0.4) is 0 Å². The van der Waals surface area contributed by atoms with Crippen LogP contribution in [0.25, 0.3) is 11.1 Å². The molecule has 1 amide bonds. The first-order chi connectivity index (χ1) is 14.7. The van der Waals surface area contributed by atoms with Gasteiger partial charge in [0.25, 0.3) is 0 Å². The number of ether oxygens (including phenoxy) is 4. The second-order valence-corrected chi connectivity index (χ2v) is 7.54. The summed E-state index contributed by atoms with van der Waals surface area (Å²) in [5.41, 5.74) is 2.64. The Morgan fingerprint density at radius 3 is 2.52 bits per heavy atom. The SMILES string of the molecule is COc1cc2c3c(c1OC)-c1cc4c(cc1CC3N(C(=O)C(F)(F)F)C[C@H]2O)OCO4. The van der Waals surface area contributed by atoms with Gasteiger partial charge in [-0.05, 0) is 46.9 Å². The lowest BCUT2D eigenvalue weighted by atomic mass is 9.75. The molecule has 0 radical (unpaired) electrons. The summed E-state index contributed by atoms with van der Waals surface area (Å²) < 4.78 is 62.0. The van der Waals surface area contributed by atoms with Crippen LogP contribution in [0.4, 0.5) is 13.2 Å². The largest absolute Gasteiger partial charge is 0.493 e. The van der Waals surface area contributed by atoms with Crippen molar-refractivity contribution in [2.75, 3.05) is 27.6 Å². The fourth-order valence-corrected chi connectivity index (χ4v) is 4.69. The van der Waals surface area contributed by atoms with Crippen LogP contribution in [0.2, 0.25) is 0 Å². The zero-order chi connectivity index (χ0) is 22.1. The molecule has 1 N–H and O–H groups in total. The van der Waals surface area contributed by atoms with E-state index in [9.17, 15) is 23.1 Å². The molecule has 1 unspecified atom stereocenters. The highest BCUT2D eigenvalue weighted by molar-refractivity contribution is 5.88. The molecule has 2 aromatic carbocycles. The van der Waals surface area contributed by atoms with Crippen LogP contribution in [0.1, 0.15) is 28.8 Å². The lowest BCUT2D eigenvalue weighted by Gasteiger charge is -2.44. The number of fused-ring (bicyclic) bond motifs is 3. The highest BCUT2D eigenvalue weighted by Crippen LogP contribution is 2.56. The molecule has 0 fully saturated rings. The summed E-state index contributed by atoms with van der Waals surface area (Å²) in [4.78, 5) is 12.9. The molecular weight excluding hydrogens is 419 g/mol. The molecule has 10 heteroatoms. The second kappa shape index (κ2) is 6.68. The molecule has 0 aromatic heterocycles. The third kappa shape index (κ3) is 2.81. The van der Waals surface area contributed by atoms with Crippen LogP contribution in [-0.4, -0.2) is 49.6 Å². The molecule has 1 aliphatic carbocycles. The zero-order valence-electron chi connectivity index (χ0n) is 16.6. The number of methoxy groups -OCH3 is 2. The summed E-state index contributed by atoms with van der Waals surface area (Å²) in [5.74, 6) is -0.383. The zero-order valence-corrected chi connectivity index (χ0v) is 16.6. The predicted octanol–water partition coefficient (Wildman–Crippen LogP) is 3.13. The van der Waals surface area contributed by atoms with Crippen LogP contribution >= 0.6 is 0 Å². The minimum Gasteiger partial charge on any atom is -0.493 e. The number of rotatable bonds is 2. The van der Waals surface area contributed by atoms with E-state index < -0.39 is 30.8 Å². The Balaban J connectivity index is 1.80. The number of aliphatic hydroxyl groups excluding tert-OH is 1. The molecule has 2 aliphatic heterocycles. The minimum atomic E-state index is -5.07. The maximum Gasteiger partial charge on any atom is 0.471 e. The minimum absolute atomic E-state index is 0.0341. The van der Waals surface area contributed by atoms with Gasteiger partial charge in [-0.3, -0.25) is 4.79 Å². The molecule has 0 bridgehead atoms. The van der Waals surface area contributed by atoms with Gasteiger partial charge in [-0.15, -0.1) is 0 Å². The van der Waals surface area contributed by atoms with E-state index in [-0.39, 0.29) is 13.2 Å². The van der Waals surface area contributed by atoms with Crippen LogP contribution in [0, 0.1) is 0 Å². The average molecular weight is 437 g/mol. The Morgan fingerprint density at radius 1 is 1.16 bits per heavy atom. The van der Waals surface area contributed by atoms with Gasteiger partial charge in [0.2, 0.25) is 6.79 Å². The van der Waals surface area contributed by atoms with Crippen LogP contribution in [0.15, 0.2) is 18.2 Å². The number of hydrogen-bond donors (Lipinski definition) is 1. The quantitative estimate of drug-likeness (QED) is 0.778. The number of amides is 1. The van der Waals surface area contributed by atoms with Crippen LogP contribution < -0.4 is 18.9 Å². The van der Waals surface area contributed by atoms with Gasteiger partial charge < -0.3 is 29.0 Å². The smallest absolute Gasteiger partial charge is 0.471 e. The molecule has 0 saturated heterocycles. The summed E-state index contributed by atoms with van der Waals surface area (Å²) >= 11 is 0.